The molecule has 0 radical (unpaired) electrons. The number of carbonyl (C=O) groups excluding carboxylic acids is 1. The van der Waals surface area contributed by atoms with E-state index in [9.17, 15) is 14.7 Å². The Balaban J connectivity index is 0.00000220. The summed E-state index contributed by atoms with van der Waals surface area (Å²) in [6.45, 7) is 0. The van der Waals surface area contributed by atoms with Crippen molar-refractivity contribution in [2.45, 2.75) is 31.7 Å². The van der Waals surface area contributed by atoms with E-state index in [0.717, 1.165) is 22.9 Å². The van der Waals surface area contributed by atoms with E-state index in [4.69, 9.17) is 5.73 Å². The highest BCUT2D eigenvalue weighted by molar-refractivity contribution is 9.10. The minimum atomic E-state index is -0.883. The third-order valence-electron chi connectivity index (χ3n) is 3.98. The third kappa shape index (κ3) is 4.28. The molecule has 4 nitrogen and oxygen atoms in total. The van der Waals surface area contributed by atoms with E-state index >= 15 is 0 Å². The van der Waals surface area contributed by atoms with Crippen LogP contribution in [0.1, 0.15) is 37.3 Å². The first-order valence-electron chi connectivity index (χ1n) is 6.78. The molecule has 6 heteroatoms. The van der Waals surface area contributed by atoms with Crippen LogP contribution in [0.15, 0.2) is 28.7 Å². The molecule has 1 aromatic carbocycles. The summed E-state index contributed by atoms with van der Waals surface area (Å²) >= 11 is 3.33. The molecule has 1 fully saturated rings. The van der Waals surface area contributed by atoms with Crippen molar-refractivity contribution in [3.63, 3.8) is 0 Å². The van der Waals surface area contributed by atoms with Gasteiger partial charge in [-0.25, -0.2) is 0 Å². The molecule has 0 aromatic heterocycles. The number of carboxylic acid groups (broad SMARTS) is 1. The van der Waals surface area contributed by atoms with Crippen LogP contribution >= 0.6 is 28.3 Å². The maximum Gasteiger partial charge on any atom is 0.307 e. The maximum atomic E-state index is 12.5. The lowest BCUT2D eigenvalue weighted by Crippen LogP contribution is -2.37. The van der Waals surface area contributed by atoms with E-state index in [0.29, 0.717) is 12.8 Å². The van der Waals surface area contributed by atoms with Gasteiger partial charge >= 0.3 is 5.97 Å². The number of ketones is 1. The fraction of sp³-hybridized carbons (Fsp3) is 0.467. The lowest BCUT2D eigenvalue weighted by Gasteiger charge is -2.29. The molecule has 1 saturated carbocycles. The Kier molecular flexibility index (Phi) is 6.84. The van der Waals surface area contributed by atoms with Gasteiger partial charge in [0.15, 0.2) is 5.78 Å². The average Bonchev–Trinajstić information content (AvgIpc) is 2.46. The minimum absolute atomic E-state index is 0. The number of carbonyl (C=O) groups is 2. The lowest BCUT2D eigenvalue weighted by molar-refractivity contribution is -0.148. The third-order valence-corrected chi connectivity index (χ3v) is 4.51. The van der Waals surface area contributed by atoms with Crippen LogP contribution in [0, 0.1) is 11.8 Å². The molecule has 0 bridgehead atoms. The zero-order valence-electron chi connectivity index (χ0n) is 11.5. The highest BCUT2D eigenvalue weighted by Crippen LogP contribution is 2.33. The van der Waals surface area contributed by atoms with Gasteiger partial charge in [0, 0.05) is 10.4 Å². The summed E-state index contributed by atoms with van der Waals surface area (Å²) in [7, 11) is 0. The first-order chi connectivity index (χ1) is 9.50. The first-order valence-corrected chi connectivity index (χ1v) is 7.57. The van der Waals surface area contributed by atoms with Crippen LogP contribution < -0.4 is 5.73 Å². The topological polar surface area (TPSA) is 80.4 Å². The van der Waals surface area contributed by atoms with Gasteiger partial charge in [0.1, 0.15) is 0 Å². The van der Waals surface area contributed by atoms with Gasteiger partial charge < -0.3 is 10.8 Å². The first kappa shape index (κ1) is 18.1. The predicted molar refractivity (Wildman–Crippen MR) is 86.4 cm³/mol. The van der Waals surface area contributed by atoms with Gasteiger partial charge in [-0.15, -0.1) is 12.4 Å². The Morgan fingerprint density at radius 2 is 1.67 bits per heavy atom. The Morgan fingerprint density at radius 3 is 2.19 bits per heavy atom. The minimum Gasteiger partial charge on any atom is -0.481 e. The fourth-order valence-electron chi connectivity index (χ4n) is 2.83. The molecule has 3 unspecified atom stereocenters. The number of nitrogens with two attached hydrogens (primary N) is 1. The summed E-state index contributed by atoms with van der Waals surface area (Å²) in [5.74, 6) is -2.08. The van der Waals surface area contributed by atoms with Gasteiger partial charge in [0.2, 0.25) is 0 Å². The molecule has 1 aliphatic carbocycles. The Morgan fingerprint density at radius 1 is 1.14 bits per heavy atom. The fourth-order valence-corrected chi connectivity index (χ4v) is 3.10. The number of Topliss-reactive ketones (excluding diaryl/α,β-unsaturated/α-hetero) is 1. The van der Waals surface area contributed by atoms with Crippen LogP contribution in [-0.4, -0.2) is 16.9 Å². The quantitative estimate of drug-likeness (QED) is 0.844. The SMILES string of the molecule is Cl.NC(C(=O)C1CCCCC1C(=O)O)c1ccc(Br)cc1. The summed E-state index contributed by atoms with van der Waals surface area (Å²) in [6, 6.07) is 6.51. The molecule has 2 rings (SSSR count). The highest BCUT2D eigenvalue weighted by Gasteiger charge is 2.37. The Bertz CT molecular complexity index is 506. The number of hydrogen-bond donors (Lipinski definition) is 2. The van der Waals surface area contributed by atoms with Gasteiger partial charge in [-0.2, -0.15) is 0 Å². The summed E-state index contributed by atoms with van der Waals surface area (Å²) in [6.07, 6.45) is 2.96. The molecular formula is C15H19BrClNO3. The zero-order chi connectivity index (χ0) is 14.7. The van der Waals surface area contributed by atoms with Gasteiger partial charge in [0.05, 0.1) is 12.0 Å². The zero-order valence-corrected chi connectivity index (χ0v) is 13.9. The molecule has 21 heavy (non-hydrogen) atoms. The van der Waals surface area contributed by atoms with Crippen molar-refractivity contribution < 1.29 is 14.7 Å². The molecule has 1 aromatic rings. The van der Waals surface area contributed by atoms with Crippen LogP contribution in [0.2, 0.25) is 0 Å². The molecule has 116 valence electrons. The standard InChI is InChI=1S/C15H18BrNO3.ClH/c16-10-7-5-9(6-8-10)13(17)14(18)11-3-1-2-4-12(11)15(19)20;/h5-8,11-13H,1-4,17H2,(H,19,20);1H. The van der Waals surface area contributed by atoms with E-state index in [1.165, 1.54) is 0 Å². The molecular weight excluding hydrogens is 358 g/mol. The van der Waals surface area contributed by atoms with Crippen LogP contribution in [0.5, 0.6) is 0 Å². The molecule has 1 aliphatic rings. The van der Waals surface area contributed by atoms with Crippen molar-refractivity contribution in [3.8, 4) is 0 Å². The molecule has 0 saturated heterocycles. The van der Waals surface area contributed by atoms with Gasteiger partial charge in [-0.05, 0) is 30.5 Å². The monoisotopic (exact) mass is 375 g/mol. The number of benzene rings is 1. The van der Waals surface area contributed by atoms with Crippen LogP contribution in [0.3, 0.4) is 0 Å². The van der Waals surface area contributed by atoms with Crippen molar-refractivity contribution in [2.75, 3.05) is 0 Å². The number of aliphatic carboxylic acids is 1. The molecule has 3 N–H and O–H groups in total. The normalized spacial score (nSPS) is 23.0. The van der Waals surface area contributed by atoms with E-state index in [-0.39, 0.29) is 18.2 Å². The van der Waals surface area contributed by atoms with Crippen LogP contribution in [0.4, 0.5) is 0 Å². The van der Waals surface area contributed by atoms with Crippen molar-refractivity contribution in [3.05, 3.63) is 34.3 Å². The van der Waals surface area contributed by atoms with Gasteiger partial charge in [-0.1, -0.05) is 40.9 Å². The Hall–Kier alpha value is -0.910. The molecule has 0 spiro atoms. The second-order valence-corrected chi connectivity index (χ2v) is 6.18. The summed E-state index contributed by atoms with van der Waals surface area (Å²) in [5.41, 5.74) is 6.75. The number of carboxylic acids is 1. The van der Waals surface area contributed by atoms with Crippen molar-refractivity contribution in [2.24, 2.45) is 17.6 Å². The summed E-state index contributed by atoms with van der Waals surface area (Å²) in [5, 5.41) is 9.25. The number of hydrogen-bond acceptors (Lipinski definition) is 3. The summed E-state index contributed by atoms with van der Waals surface area (Å²) in [4.78, 5) is 23.8. The Labute approximate surface area is 138 Å². The molecule has 0 amide bonds. The number of rotatable bonds is 4. The van der Waals surface area contributed by atoms with Crippen LogP contribution in [0.25, 0.3) is 0 Å². The maximum absolute atomic E-state index is 12.5. The van der Waals surface area contributed by atoms with E-state index in [2.05, 4.69) is 15.9 Å². The van der Waals surface area contributed by atoms with E-state index in [1.54, 1.807) is 12.1 Å². The van der Waals surface area contributed by atoms with E-state index < -0.39 is 23.8 Å². The molecule has 0 heterocycles. The van der Waals surface area contributed by atoms with Crippen molar-refractivity contribution in [1.82, 2.24) is 0 Å². The molecule has 3 atom stereocenters. The predicted octanol–water partition coefficient (Wildman–Crippen LogP) is 3.33. The second-order valence-electron chi connectivity index (χ2n) is 5.27. The van der Waals surface area contributed by atoms with Crippen LogP contribution in [-0.2, 0) is 9.59 Å². The second kappa shape index (κ2) is 7.92. The van der Waals surface area contributed by atoms with Crippen molar-refractivity contribution in [1.29, 1.82) is 0 Å². The molecule has 0 aliphatic heterocycles. The smallest absolute Gasteiger partial charge is 0.307 e. The van der Waals surface area contributed by atoms with E-state index in [1.807, 2.05) is 12.1 Å². The van der Waals surface area contributed by atoms with Gasteiger partial charge in [-0.3, -0.25) is 9.59 Å². The average molecular weight is 377 g/mol. The highest BCUT2D eigenvalue weighted by atomic mass is 79.9. The van der Waals surface area contributed by atoms with Crippen molar-refractivity contribution >= 4 is 40.1 Å². The lowest BCUT2D eigenvalue weighted by atomic mass is 9.74. The summed E-state index contributed by atoms with van der Waals surface area (Å²) < 4.78 is 0.918. The number of halogens is 2. The largest absolute Gasteiger partial charge is 0.481 e. The van der Waals surface area contributed by atoms with Gasteiger partial charge in [0.25, 0.3) is 0 Å².